The lowest BCUT2D eigenvalue weighted by atomic mass is 9.98. The first-order chi connectivity index (χ1) is 15.9. The zero-order chi connectivity index (χ0) is 24.2. The van der Waals surface area contributed by atoms with Crippen molar-refractivity contribution in [2.24, 2.45) is 5.92 Å². The number of thioether (sulfide) groups is 1. The number of likely N-dealkylation sites (N-methyl/N-ethyl adjacent to an activating group) is 1. The van der Waals surface area contributed by atoms with Gasteiger partial charge in [-0.05, 0) is 47.7 Å². The molecule has 6 nitrogen and oxygen atoms in total. The molecule has 0 aliphatic heterocycles. The van der Waals surface area contributed by atoms with Gasteiger partial charge in [0.15, 0.2) is 0 Å². The van der Waals surface area contributed by atoms with Crippen LogP contribution < -0.4 is 10.6 Å². The molecular formula is C26H40ClN3O3S. The summed E-state index contributed by atoms with van der Waals surface area (Å²) in [5.74, 6) is 0.684. The monoisotopic (exact) mass is 509 g/mol. The van der Waals surface area contributed by atoms with Crippen molar-refractivity contribution >= 4 is 46.8 Å². The number of nitrogens with one attached hydrogen (secondary N) is 2. The molecule has 0 heterocycles. The van der Waals surface area contributed by atoms with Gasteiger partial charge in [-0.15, -0.1) is 12.4 Å². The zero-order valence-electron chi connectivity index (χ0n) is 21.0. The Bertz CT molecular complexity index is 893. The minimum atomic E-state index is -0.621. The number of benzene rings is 2. The van der Waals surface area contributed by atoms with Gasteiger partial charge in [-0.1, -0.05) is 62.7 Å². The van der Waals surface area contributed by atoms with Gasteiger partial charge in [0.2, 0.25) is 5.91 Å². The second kappa shape index (κ2) is 16.0. The molecule has 0 spiro atoms. The van der Waals surface area contributed by atoms with Gasteiger partial charge in [0.1, 0.15) is 6.04 Å². The molecule has 3 atom stereocenters. The highest BCUT2D eigenvalue weighted by molar-refractivity contribution is 7.98. The van der Waals surface area contributed by atoms with Crippen LogP contribution in [0.15, 0.2) is 42.5 Å². The summed E-state index contributed by atoms with van der Waals surface area (Å²) in [6.45, 7) is 6.01. The first-order valence-corrected chi connectivity index (χ1v) is 13.0. The first kappa shape index (κ1) is 30.2. The Morgan fingerprint density at radius 2 is 1.85 bits per heavy atom. The Morgan fingerprint density at radius 1 is 1.15 bits per heavy atom. The minimum Gasteiger partial charge on any atom is -0.467 e. The molecule has 1 unspecified atom stereocenters. The number of carbonyl (C=O) groups is 2. The number of hydrogen-bond donors (Lipinski definition) is 2. The van der Waals surface area contributed by atoms with Crippen LogP contribution in [0.3, 0.4) is 0 Å². The lowest BCUT2D eigenvalue weighted by Crippen LogP contribution is -2.49. The highest BCUT2D eigenvalue weighted by atomic mass is 35.5. The average Bonchev–Trinajstić information content (AvgIpc) is 2.84. The van der Waals surface area contributed by atoms with Crippen molar-refractivity contribution in [1.82, 2.24) is 15.5 Å². The molecular weight excluding hydrogens is 470 g/mol. The number of ether oxygens (including phenoxy) is 1. The van der Waals surface area contributed by atoms with Gasteiger partial charge < -0.3 is 15.4 Å². The summed E-state index contributed by atoms with van der Waals surface area (Å²) in [4.78, 5) is 27.4. The maximum atomic E-state index is 13.0. The molecule has 0 saturated carbocycles. The highest BCUT2D eigenvalue weighted by Crippen LogP contribution is 2.21. The van der Waals surface area contributed by atoms with Crippen LogP contribution in [0.5, 0.6) is 0 Å². The maximum Gasteiger partial charge on any atom is 0.328 e. The van der Waals surface area contributed by atoms with E-state index >= 15 is 0 Å². The summed E-state index contributed by atoms with van der Waals surface area (Å²) >= 11 is 1.64. The Kier molecular flexibility index (Phi) is 14.2. The molecule has 0 aliphatic carbocycles. The van der Waals surface area contributed by atoms with Gasteiger partial charge in [-0.3, -0.25) is 9.69 Å². The van der Waals surface area contributed by atoms with E-state index in [9.17, 15) is 9.59 Å². The third kappa shape index (κ3) is 9.10. The number of carbonyl (C=O) groups excluding carboxylic acids is 2. The van der Waals surface area contributed by atoms with Crippen LogP contribution in [0.4, 0.5) is 0 Å². The molecule has 0 bridgehead atoms. The predicted molar refractivity (Wildman–Crippen MR) is 146 cm³/mol. The van der Waals surface area contributed by atoms with Gasteiger partial charge in [0.25, 0.3) is 0 Å². The van der Waals surface area contributed by atoms with Crippen LogP contribution in [0.2, 0.25) is 0 Å². The van der Waals surface area contributed by atoms with E-state index in [-0.39, 0.29) is 30.9 Å². The molecule has 1 amide bonds. The summed E-state index contributed by atoms with van der Waals surface area (Å²) in [5, 5.41) is 8.71. The largest absolute Gasteiger partial charge is 0.467 e. The van der Waals surface area contributed by atoms with Crippen molar-refractivity contribution < 1.29 is 14.3 Å². The number of rotatable bonds is 14. The Labute approximate surface area is 215 Å². The molecule has 0 fully saturated rings. The zero-order valence-corrected chi connectivity index (χ0v) is 22.6. The van der Waals surface area contributed by atoms with Crippen molar-refractivity contribution in [3.05, 3.63) is 48.0 Å². The van der Waals surface area contributed by atoms with Crippen molar-refractivity contribution in [1.29, 1.82) is 0 Å². The van der Waals surface area contributed by atoms with Crippen LogP contribution in [0.25, 0.3) is 10.8 Å². The number of fused-ring (bicyclic) bond motifs is 1. The molecule has 8 heteroatoms. The second-order valence-electron chi connectivity index (χ2n) is 8.51. The Hall–Kier alpha value is -1.80. The van der Waals surface area contributed by atoms with Gasteiger partial charge in [0.05, 0.1) is 13.7 Å². The lowest BCUT2D eigenvalue weighted by Gasteiger charge is -2.31. The average molecular weight is 510 g/mol. The van der Waals surface area contributed by atoms with Gasteiger partial charge in [0, 0.05) is 19.1 Å². The van der Waals surface area contributed by atoms with Crippen LogP contribution in [0, 0.1) is 5.92 Å². The molecule has 0 aliphatic rings. The Balaban J connectivity index is 0.00000578. The number of esters is 1. The van der Waals surface area contributed by atoms with E-state index in [0.29, 0.717) is 18.9 Å². The van der Waals surface area contributed by atoms with Crippen molar-refractivity contribution in [2.45, 2.75) is 45.3 Å². The Morgan fingerprint density at radius 3 is 2.50 bits per heavy atom. The highest BCUT2D eigenvalue weighted by Gasteiger charge is 2.24. The number of hydrogen-bond acceptors (Lipinski definition) is 6. The van der Waals surface area contributed by atoms with Crippen molar-refractivity contribution in [3.63, 3.8) is 0 Å². The van der Waals surface area contributed by atoms with Crippen LogP contribution >= 0.6 is 24.2 Å². The van der Waals surface area contributed by atoms with E-state index in [4.69, 9.17) is 4.74 Å². The van der Waals surface area contributed by atoms with Gasteiger partial charge in [-0.25, -0.2) is 4.79 Å². The lowest BCUT2D eigenvalue weighted by molar-refractivity contribution is -0.145. The van der Waals surface area contributed by atoms with Crippen LogP contribution in [-0.4, -0.2) is 68.1 Å². The standard InChI is InChI=1S/C26H39N3O3S.ClH/c1-6-19(2)24(27-3)17-29(16-21-12-9-11-20-10-7-8-13-22(20)21)18-25(30)28-23(14-15-33-5)26(31)32-4;/h7-13,19,23-24,27H,6,14-18H2,1-5H3,(H,28,30);1H/t19?,23-,24+;/m0./s1. The van der Waals surface area contributed by atoms with E-state index in [0.717, 1.165) is 18.7 Å². The third-order valence-corrected chi connectivity index (χ3v) is 6.87. The fourth-order valence-corrected chi connectivity index (χ4v) is 4.52. The molecule has 2 aromatic rings. The topological polar surface area (TPSA) is 70.7 Å². The first-order valence-electron chi connectivity index (χ1n) is 11.7. The molecule has 2 aromatic carbocycles. The third-order valence-electron chi connectivity index (χ3n) is 6.23. The summed E-state index contributed by atoms with van der Waals surface area (Å²) < 4.78 is 4.90. The van der Waals surface area contributed by atoms with Crippen LogP contribution in [-0.2, 0) is 20.9 Å². The van der Waals surface area contributed by atoms with E-state index in [1.54, 1.807) is 11.8 Å². The van der Waals surface area contributed by atoms with E-state index < -0.39 is 12.0 Å². The molecule has 34 heavy (non-hydrogen) atoms. The molecule has 2 rings (SSSR count). The quantitative estimate of drug-likeness (QED) is 0.373. The van der Waals surface area contributed by atoms with E-state index in [1.165, 1.54) is 23.4 Å². The number of amides is 1. The summed E-state index contributed by atoms with van der Waals surface area (Å²) in [5.41, 5.74) is 1.19. The normalized spacial score (nSPS) is 13.7. The second-order valence-corrected chi connectivity index (χ2v) is 9.50. The summed E-state index contributed by atoms with van der Waals surface area (Å²) in [6.07, 6.45) is 3.59. The smallest absolute Gasteiger partial charge is 0.328 e. The fourth-order valence-electron chi connectivity index (χ4n) is 4.04. The van der Waals surface area contributed by atoms with Crippen molar-refractivity contribution in [3.8, 4) is 0 Å². The molecule has 2 N–H and O–H groups in total. The molecule has 190 valence electrons. The predicted octanol–water partition coefficient (Wildman–Crippen LogP) is 4.11. The number of methoxy groups -OCH3 is 1. The van der Waals surface area contributed by atoms with Gasteiger partial charge >= 0.3 is 5.97 Å². The fraction of sp³-hybridized carbons (Fsp3) is 0.538. The van der Waals surface area contributed by atoms with E-state index in [1.807, 2.05) is 25.4 Å². The molecule has 0 saturated heterocycles. The maximum absolute atomic E-state index is 13.0. The number of nitrogens with zero attached hydrogens (tertiary/aromatic N) is 1. The molecule has 0 aromatic heterocycles. The van der Waals surface area contributed by atoms with E-state index in [2.05, 4.69) is 59.7 Å². The molecule has 0 radical (unpaired) electrons. The van der Waals surface area contributed by atoms with Crippen molar-refractivity contribution in [2.75, 3.05) is 39.3 Å². The SMILES string of the molecule is CCC(C)[C@@H](CN(CC(=O)N[C@@H](CCSC)C(=O)OC)Cc1cccc2ccccc12)NC.Cl. The van der Waals surface area contributed by atoms with Crippen LogP contribution in [0.1, 0.15) is 32.3 Å². The minimum absolute atomic E-state index is 0. The number of halogens is 1. The summed E-state index contributed by atoms with van der Waals surface area (Å²) in [6, 6.07) is 14.3. The van der Waals surface area contributed by atoms with Gasteiger partial charge in [-0.2, -0.15) is 11.8 Å². The summed E-state index contributed by atoms with van der Waals surface area (Å²) in [7, 11) is 3.33.